The van der Waals surface area contributed by atoms with Gasteiger partial charge in [0.1, 0.15) is 17.1 Å². The Bertz CT molecular complexity index is 1450. The van der Waals surface area contributed by atoms with Crippen LogP contribution in [0, 0.1) is 0 Å². The minimum Gasteiger partial charge on any atom is -0.507 e. The number of hydrogen-bond donors (Lipinski definition) is 2. The normalized spacial score (nSPS) is 17.1. The highest BCUT2D eigenvalue weighted by atomic mass is 32.2. The van der Waals surface area contributed by atoms with Gasteiger partial charge in [0, 0.05) is 32.2 Å². The van der Waals surface area contributed by atoms with Gasteiger partial charge in [0.05, 0.1) is 35.8 Å². The first-order valence-corrected chi connectivity index (χ1v) is 15.0. The number of sulfonamides is 2. The Kier molecular flexibility index (Phi) is 8.76. The maximum Gasteiger partial charge on any atom is 0.342 e. The van der Waals surface area contributed by atoms with Crippen LogP contribution in [0.2, 0.25) is 0 Å². The predicted octanol–water partition coefficient (Wildman–Crippen LogP) is 1.00. The summed E-state index contributed by atoms with van der Waals surface area (Å²) in [6, 6.07) is 7.24. The zero-order valence-electron chi connectivity index (χ0n) is 21.2. The molecule has 2 saturated heterocycles. The number of rotatable bonds is 9. The van der Waals surface area contributed by atoms with Gasteiger partial charge in [-0.15, -0.1) is 0 Å². The smallest absolute Gasteiger partial charge is 0.342 e. The van der Waals surface area contributed by atoms with Crippen LogP contribution in [0.5, 0.6) is 11.5 Å². The fourth-order valence-corrected chi connectivity index (χ4v) is 7.15. The van der Waals surface area contributed by atoms with Gasteiger partial charge in [-0.1, -0.05) is 0 Å². The van der Waals surface area contributed by atoms with E-state index in [1.54, 1.807) is 0 Å². The van der Waals surface area contributed by atoms with Crippen LogP contribution in [0.25, 0.3) is 0 Å². The first-order chi connectivity index (χ1) is 18.5. The number of methoxy groups -OCH3 is 1. The standard InChI is InChI=1S/C24H29N3O10S2/c1-35-22-15-18(39(33,34)27-10-12-36-13-11-27)4-6-20(22)25-23(29)16-37-24(30)19-14-17(5-7-21(19)28)38(31,32)26-8-2-3-9-26/h4-7,14-15,28H,2-3,8-13,16H2,1H3,(H,25,29). The molecule has 2 heterocycles. The molecular formula is C24H29N3O10S2. The SMILES string of the molecule is COc1cc(S(=O)(=O)N2CCOCC2)ccc1NC(=O)COC(=O)c1cc(S(=O)(=O)N2CCCC2)ccc1O. The van der Waals surface area contributed by atoms with E-state index in [1.165, 1.54) is 40.0 Å². The summed E-state index contributed by atoms with van der Waals surface area (Å²) in [7, 11) is -6.33. The van der Waals surface area contributed by atoms with Gasteiger partial charge < -0.3 is 24.6 Å². The highest BCUT2D eigenvalue weighted by Gasteiger charge is 2.29. The Morgan fingerprint density at radius 3 is 2.15 bits per heavy atom. The van der Waals surface area contributed by atoms with Crippen molar-refractivity contribution in [3.05, 3.63) is 42.0 Å². The molecule has 0 radical (unpaired) electrons. The molecule has 0 saturated carbocycles. The second-order valence-electron chi connectivity index (χ2n) is 8.79. The lowest BCUT2D eigenvalue weighted by molar-refractivity contribution is -0.119. The number of anilines is 1. The second kappa shape index (κ2) is 11.9. The summed E-state index contributed by atoms with van der Waals surface area (Å²) in [5.74, 6) is -2.30. The Morgan fingerprint density at radius 1 is 0.923 bits per heavy atom. The van der Waals surface area contributed by atoms with Crippen LogP contribution in [0.4, 0.5) is 5.69 Å². The molecule has 2 aliphatic rings. The van der Waals surface area contributed by atoms with Crippen LogP contribution in [-0.2, 0) is 34.3 Å². The average molecular weight is 584 g/mol. The van der Waals surface area contributed by atoms with Gasteiger partial charge in [0.2, 0.25) is 20.0 Å². The molecule has 0 atom stereocenters. The molecule has 2 N–H and O–H groups in total. The van der Waals surface area contributed by atoms with Crippen molar-refractivity contribution < 1.29 is 45.7 Å². The van der Waals surface area contributed by atoms with Gasteiger partial charge in [-0.2, -0.15) is 8.61 Å². The number of nitrogens with zero attached hydrogens (tertiary/aromatic N) is 2. The number of aromatic hydroxyl groups is 1. The van der Waals surface area contributed by atoms with Crippen molar-refractivity contribution in [3.63, 3.8) is 0 Å². The van der Waals surface area contributed by atoms with Gasteiger partial charge >= 0.3 is 5.97 Å². The van der Waals surface area contributed by atoms with Crippen LogP contribution < -0.4 is 10.1 Å². The van der Waals surface area contributed by atoms with E-state index < -0.39 is 49.8 Å². The number of morpholine rings is 1. The Morgan fingerprint density at radius 2 is 1.51 bits per heavy atom. The highest BCUT2D eigenvalue weighted by molar-refractivity contribution is 7.89. The third-order valence-corrected chi connectivity index (χ3v) is 10.1. The monoisotopic (exact) mass is 583 g/mol. The molecule has 2 fully saturated rings. The van der Waals surface area contributed by atoms with E-state index in [2.05, 4.69) is 5.32 Å². The third kappa shape index (κ3) is 6.33. The van der Waals surface area contributed by atoms with E-state index in [9.17, 15) is 31.5 Å². The predicted molar refractivity (Wildman–Crippen MR) is 138 cm³/mol. The van der Waals surface area contributed by atoms with E-state index in [0.29, 0.717) is 26.3 Å². The minimum absolute atomic E-state index is 0.0232. The molecule has 0 spiro atoms. The van der Waals surface area contributed by atoms with E-state index in [0.717, 1.165) is 25.0 Å². The largest absolute Gasteiger partial charge is 0.507 e. The maximum atomic E-state index is 12.9. The van der Waals surface area contributed by atoms with E-state index in [-0.39, 0.29) is 34.3 Å². The minimum atomic E-state index is -3.84. The summed E-state index contributed by atoms with van der Waals surface area (Å²) in [6.07, 6.45) is 1.47. The molecule has 0 unspecified atom stereocenters. The number of hydrogen-bond acceptors (Lipinski definition) is 10. The zero-order valence-corrected chi connectivity index (χ0v) is 22.8. The molecule has 0 aromatic heterocycles. The third-order valence-electron chi connectivity index (χ3n) is 6.28. The summed E-state index contributed by atoms with van der Waals surface area (Å²) in [6.45, 7) is 0.991. The van der Waals surface area contributed by atoms with Crippen molar-refractivity contribution in [3.8, 4) is 11.5 Å². The van der Waals surface area contributed by atoms with E-state index in [1.807, 2.05) is 0 Å². The summed E-state index contributed by atoms with van der Waals surface area (Å²) >= 11 is 0. The second-order valence-corrected chi connectivity index (χ2v) is 12.7. The molecule has 212 valence electrons. The number of nitrogens with one attached hydrogen (secondary N) is 1. The van der Waals surface area contributed by atoms with Crippen LogP contribution in [0.15, 0.2) is 46.2 Å². The van der Waals surface area contributed by atoms with Gasteiger partial charge in [0.15, 0.2) is 6.61 Å². The van der Waals surface area contributed by atoms with Crippen molar-refractivity contribution in [1.82, 2.24) is 8.61 Å². The molecule has 0 aliphatic carbocycles. The highest BCUT2D eigenvalue weighted by Crippen LogP contribution is 2.30. The first-order valence-electron chi connectivity index (χ1n) is 12.1. The van der Waals surface area contributed by atoms with Crippen LogP contribution in [-0.4, -0.2) is 95.5 Å². The Balaban J connectivity index is 1.42. The molecule has 1 amide bonds. The summed E-state index contributed by atoms with van der Waals surface area (Å²) in [5.41, 5.74) is -0.264. The summed E-state index contributed by atoms with van der Waals surface area (Å²) in [4.78, 5) is 24.9. The van der Waals surface area contributed by atoms with Crippen LogP contribution in [0.1, 0.15) is 23.2 Å². The Labute approximate surface area is 226 Å². The number of ether oxygens (including phenoxy) is 3. The molecule has 4 rings (SSSR count). The number of esters is 1. The van der Waals surface area contributed by atoms with Crippen LogP contribution >= 0.6 is 0 Å². The summed E-state index contributed by atoms with van der Waals surface area (Å²) in [5, 5.41) is 12.6. The molecule has 15 heteroatoms. The number of carbonyl (C=O) groups is 2. The first kappa shape index (κ1) is 28.8. The quantitative estimate of drug-likeness (QED) is 0.406. The molecule has 2 aliphatic heterocycles. The molecular weight excluding hydrogens is 554 g/mol. The molecule has 39 heavy (non-hydrogen) atoms. The number of carbonyl (C=O) groups excluding carboxylic acids is 2. The lowest BCUT2D eigenvalue weighted by atomic mass is 10.2. The number of phenols is 1. The molecule has 13 nitrogen and oxygen atoms in total. The van der Waals surface area contributed by atoms with Gasteiger partial charge in [0.25, 0.3) is 5.91 Å². The average Bonchev–Trinajstić information content (AvgIpc) is 3.49. The topological polar surface area (TPSA) is 169 Å². The summed E-state index contributed by atoms with van der Waals surface area (Å²) < 4.78 is 69.4. The van der Waals surface area contributed by atoms with Crippen molar-refractivity contribution in [2.75, 3.05) is 58.4 Å². The lowest BCUT2D eigenvalue weighted by Crippen LogP contribution is -2.40. The van der Waals surface area contributed by atoms with Crippen molar-refractivity contribution in [2.24, 2.45) is 0 Å². The fraction of sp³-hybridized carbons (Fsp3) is 0.417. The van der Waals surface area contributed by atoms with Crippen molar-refractivity contribution in [1.29, 1.82) is 0 Å². The van der Waals surface area contributed by atoms with Crippen molar-refractivity contribution in [2.45, 2.75) is 22.6 Å². The molecule has 0 bridgehead atoms. The van der Waals surface area contributed by atoms with Crippen molar-refractivity contribution >= 4 is 37.6 Å². The fourth-order valence-electron chi connectivity index (χ4n) is 4.18. The van der Waals surface area contributed by atoms with Gasteiger partial charge in [-0.3, -0.25) is 4.79 Å². The lowest BCUT2D eigenvalue weighted by Gasteiger charge is -2.26. The Hall–Kier alpha value is -3.24. The number of amides is 1. The number of benzene rings is 2. The zero-order chi connectivity index (χ0) is 28.2. The van der Waals surface area contributed by atoms with E-state index >= 15 is 0 Å². The van der Waals surface area contributed by atoms with Crippen LogP contribution in [0.3, 0.4) is 0 Å². The van der Waals surface area contributed by atoms with Gasteiger partial charge in [-0.25, -0.2) is 21.6 Å². The van der Waals surface area contributed by atoms with E-state index in [4.69, 9.17) is 14.2 Å². The van der Waals surface area contributed by atoms with Gasteiger partial charge in [-0.05, 0) is 43.2 Å². The molecule has 2 aromatic carbocycles. The maximum absolute atomic E-state index is 12.9. The number of phenolic OH excluding ortho intramolecular Hbond substituents is 1. The molecule has 2 aromatic rings.